The fraction of sp³-hybridized carbons (Fsp3) is 0.0833. The Balaban J connectivity index is 2.03. The summed E-state index contributed by atoms with van der Waals surface area (Å²) in [6.45, 7) is 0.570. The molecule has 1 aliphatic heterocycles. The van der Waals surface area contributed by atoms with E-state index in [0.717, 1.165) is 14.7 Å². The van der Waals surface area contributed by atoms with Crippen molar-refractivity contribution in [3.8, 4) is 0 Å². The third-order valence-electron chi connectivity index (χ3n) is 2.03. The summed E-state index contributed by atoms with van der Waals surface area (Å²) in [5, 5.41) is 0. The van der Waals surface area contributed by atoms with E-state index in [0.29, 0.717) is 12.4 Å². The SMILES string of the molecule is BrC(Br)=C1CN=C(/C=C/c2ccccc2)O1. The van der Waals surface area contributed by atoms with Crippen LogP contribution >= 0.6 is 31.9 Å². The van der Waals surface area contributed by atoms with E-state index in [4.69, 9.17) is 4.74 Å². The molecule has 0 N–H and O–H groups in total. The van der Waals surface area contributed by atoms with E-state index >= 15 is 0 Å². The van der Waals surface area contributed by atoms with Gasteiger partial charge in [-0.05, 0) is 43.5 Å². The molecular weight excluding hydrogens is 334 g/mol. The quantitative estimate of drug-likeness (QED) is 0.793. The van der Waals surface area contributed by atoms with Gasteiger partial charge >= 0.3 is 0 Å². The molecular formula is C12H9Br2NO. The van der Waals surface area contributed by atoms with Crippen LogP contribution in [0.4, 0.5) is 0 Å². The predicted octanol–water partition coefficient (Wildman–Crippen LogP) is 4.09. The van der Waals surface area contributed by atoms with Crippen LogP contribution < -0.4 is 0 Å². The summed E-state index contributed by atoms with van der Waals surface area (Å²) in [5.41, 5.74) is 1.13. The Morgan fingerprint density at radius 2 is 1.94 bits per heavy atom. The van der Waals surface area contributed by atoms with Crippen LogP contribution in [0.2, 0.25) is 0 Å². The molecule has 0 saturated heterocycles. The van der Waals surface area contributed by atoms with E-state index in [-0.39, 0.29) is 0 Å². The normalized spacial score (nSPS) is 15.1. The van der Waals surface area contributed by atoms with E-state index in [1.165, 1.54) is 0 Å². The van der Waals surface area contributed by atoms with Crippen molar-refractivity contribution in [2.24, 2.45) is 4.99 Å². The predicted molar refractivity (Wildman–Crippen MR) is 73.7 cm³/mol. The smallest absolute Gasteiger partial charge is 0.214 e. The van der Waals surface area contributed by atoms with Crippen molar-refractivity contribution in [3.05, 3.63) is 51.1 Å². The lowest BCUT2D eigenvalue weighted by atomic mass is 10.2. The maximum Gasteiger partial charge on any atom is 0.214 e. The molecule has 0 atom stereocenters. The van der Waals surface area contributed by atoms with E-state index in [1.807, 2.05) is 42.5 Å². The summed E-state index contributed by atoms with van der Waals surface area (Å²) < 4.78 is 6.31. The third kappa shape index (κ3) is 3.06. The number of aliphatic imine (C=N–C) groups is 1. The second kappa shape index (κ2) is 5.46. The van der Waals surface area contributed by atoms with Crippen LogP contribution in [0.1, 0.15) is 5.56 Å². The van der Waals surface area contributed by atoms with Gasteiger partial charge in [-0.15, -0.1) is 0 Å². The van der Waals surface area contributed by atoms with Crippen LogP contribution in [0.15, 0.2) is 50.6 Å². The van der Waals surface area contributed by atoms with Crippen molar-refractivity contribution in [1.82, 2.24) is 0 Å². The molecule has 0 saturated carbocycles. The second-order valence-electron chi connectivity index (χ2n) is 3.18. The Morgan fingerprint density at radius 1 is 1.19 bits per heavy atom. The van der Waals surface area contributed by atoms with Gasteiger partial charge in [0.25, 0.3) is 0 Å². The number of hydrogen-bond acceptors (Lipinski definition) is 2. The van der Waals surface area contributed by atoms with Gasteiger partial charge in [0.1, 0.15) is 15.7 Å². The highest BCUT2D eigenvalue weighted by Crippen LogP contribution is 2.23. The molecule has 4 heteroatoms. The first kappa shape index (κ1) is 11.6. The molecule has 2 rings (SSSR count). The monoisotopic (exact) mass is 341 g/mol. The first-order valence-corrected chi connectivity index (χ1v) is 6.34. The Labute approximate surface area is 111 Å². The number of halogens is 2. The van der Waals surface area contributed by atoms with Gasteiger partial charge in [-0.3, -0.25) is 0 Å². The van der Waals surface area contributed by atoms with Crippen molar-refractivity contribution in [2.75, 3.05) is 6.54 Å². The summed E-state index contributed by atoms with van der Waals surface area (Å²) in [6.07, 6.45) is 3.84. The maximum atomic E-state index is 5.49. The highest BCUT2D eigenvalue weighted by atomic mass is 79.9. The molecule has 0 aliphatic carbocycles. The molecule has 1 heterocycles. The first-order valence-electron chi connectivity index (χ1n) is 4.75. The lowest BCUT2D eigenvalue weighted by Crippen LogP contribution is -1.92. The molecule has 1 aromatic rings. The van der Waals surface area contributed by atoms with Crippen molar-refractivity contribution in [2.45, 2.75) is 0 Å². The molecule has 0 amide bonds. The summed E-state index contributed by atoms with van der Waals surface area (Å²) in [4.78, 5) is 4.24. The fourth-order valence-electron chi connectivity index (χ4n) is 1.26. The largest absolute Gasteiger partial charge is 0.440 e. The Kier molecular flexibility index (Phi) is 3.96. The standard InChI is InChI=1S/C12H9Br2NO/c13-12(14)10-8-15-11(16-10)7-6-9-4-2-1-3-5-9/h1-7H,8H2/b7-6+. The highest BCUT2D eigenvalue weighted by molar-refractivity contribution is 9.28. The van der Waals surface area contributed by atoms with Crippen LogP contribution in [0.25, 0.3) is 6.08 Å². The number of benzene rings is 1. The van der Waals surface area contributed by atoms with Gasteiger partial charge in [-0.2, -0.15) is 0 Å². The van der Waals surface area contributed by atoms with Crippen LogP contribution in [0.5, 0.6) is 0 Å². The van der Waals surface area contributed by atoms with Gasteiger partial charge in [0.2, 0.25) is 5.90 Å². The van der Waals surface area contributed by atoms with E-state index < -0.39 is 0 Å². The minimum atomic E-state index is 0.570. The summed E-state index contributed by atoms with van der Waals surface area (Å²) in [7, 11) is 0. The van der Waals surface area contributed by atoms with Crippen LogP contribution in [0.3, 0.4) is 0 Å². The number of rotatable bonds is 2. The minimum Gasteiger partial charge on any atom is -0.440 e. The van der Waals surface area contributed by atoms with E-state index in [2.05, 4.69) is 36.9 Å². The van der Waals surface area contributed by atoms with E-state index in [1.54, 1.807) is 0 Å². The lowest BCUT2D eigenvalue weighted by Gasteiger charge is -1.97. The van der Waals surface area contributed by atoms with Crippen molar-refractivity contribution >= 4 is 43.8 Å². The molecule has 0 spiro atoms. The fourth-order valence-corrected chi connectivity index (χ4v) is 1.67. The minimum absolute atomic E-state index is 0.570. The molecule has 82 valence electrons. The molecule has 0 fully saturated rings. The molecule has 1 aromatic carbocycles. The van der Waals surface area contributed by atoms with Gasteiger partial charge in [-0.1, -0.05) is 30.3 Å². The van der Waals surface area contributed by atoms with Gasteiger partial charge in [0, 0.05) is 6.08 Å². The zero-order valence-corrected chi connectivity index (χ0v) is 11.5. The van der Waals surface area contributed by atoms with Crippen LogP contribution in [0, 0.1) is 0 Å². The Hall–Kier alpha value is -0.870. The van der Waals surface area contributed by atoms with Gasteiger partial charge in [0.15, 0.2) is 0 Å². The summed E-state index contributed by atoms with van der Waals surface area (Å²) >= 11 is 6.60. The average Bonchev–Trinajstić information content (AvgIpc) is 2.76. The van der Waals surface area contributed by atoms with Crippen LogP contribution in [-0.2, 0) is 4.74 Å². The number of nitrogens with zero attached hydrogens (tertiary/aromatic N) is 1. The highest BCUT2D eigenvalue weighted by Gasteiger charge is 2.13. The van der Waals surface area contributed by atoms with Gasteiger partial charge < -0.3 is 4.74 Å². The van der Waals surface area contributed by atoms with E-state index in [9.17, 15) is 0 Å². The summed E-state index contributed by atoms with van der Waals surface area (Å²) in [5.74, 6) is 1.43. The average molecular weight is 343 g/mol. The van der Waals surface area contributed by atoms with Crippen LogP contribution in [-0.4, -0.2) is 12.4 Å². The zero-order chi connectivity index (χ0) is 11.4. The Bertz CT molecular complexity index is 459. The number of hydrogen-bond donors (Lipinski definition) is 0. The van der Waals surface area contributed by atoms with Crippen molar-refractivity contribution < 1.29 is 4.74 Å². The van der Waals surface area contributed by atoms with Crippen molar-refractivity contribution in [3.63, 3.8) is 0 Å². The topological polar surface area (TPSA) is 21.6 Å². The first-order chi connectivity index (χ1) is 7.75. The molecule has 2 nitrogen and oxygen atoms in total. The molecule has 16 heavy (non-hydrogen) atoms. The summed E-state index contributed by atoms with van der Waals surface area (Å²) in [6, 6.07) is 10.0. The molecule has 0 radical (unpaired) electrons. The maximum absolute atomic E-state index is 5.49. The zero-order valence-electron chi connectivity index (χ0n) is 8.36. The van der Waals surface area contributed by atoms with Gasteiger partial charge in [-0.25, -0.2) is 4.99 Å². The van der Waals surface area contributed by atoms with Gasteiger partial charge in [0.05, 0.1) is 0 Å². The lowest BCUT2D eigenvalue weighted by molar-refractivity contribution is 0.443. The third-order valence-corrected chi connectivity index (χ3v) is 2.92. The molecule has 0 unspecified atom stereocenters. The second-order valence-corrected chi connectivity index (χ2v) is 5.83. The molecule has 0 bridgehead atoms. The van der Waals surface area contributed by atoms with Crippen molar-refractivity contribution in [1.29, 1.82) is 0 Å². The molecule has 0 aromatic heterocycles. The molecule has 1 aliphatic rings. The Morgan fingerprint density at radius 3 is 2.56 bits per heavy atom. The number of ether oxygens (including phenoxy) is 1.